The average molecular weight is 349 g/mol. The molecule has 0 aromatic rings. The van der Waals surface area contributed by atoms with E-state index in [0.717, 1.165) is 19.3 Å². The first-order chi connectivity index (χ1) is 12.0. The number of carbonyl (C=O) groups is 3. The van der Waals surface area contributed by atoms with Gasteiger partial charge in [-0.1, -0.05) is 6.08 Å². The molecule has 0 unspecified atom stereocenters. The van der Waals surface area contributed by atoms with E-state index < -0.39 is 18.0 Å². The SMILES string of the molecule is COC(=O)/C=C/C[C@H](NC(=O)C12CC3CC(CC(C3)C1)C2)C(=O)OC. The molecule has 1 atom stereocenters. The Morgan fingerprint density at radius 1 is 1.04 bits per heavy atom. The minimum Gasteiger partial charge on any atom is -0.467 e. The Balaban J connectivity index is 1.66. The van der Waals surface area contributed by atoms with Gasteiger partial charge in [0.1, 0.15) is 6.04 Å². The predicted octanol–water partition coefficient (Wildman–Crippen LogP) is 1.98. The normalized spacial score (nSPS) is 33.9. The number of hydrogen-bond acceptors (Lipinski definition) is 5. The van der Waals surface area contributed by atoms with Gasteiger partial charge in [-0.15, -0.1) is 0 Å². The van der Waals surface area contributed by atoms with Gasteiger partial charge in [-0.3, -0.25) is 4.79 Å². The molecule has 4 saturated carbocycles. The molecule has 6 nitrogen and oxygen atoms in total. The summed E-state index contributed by atoms with van der Waals surface area (Å²) in [6, 6.07) is -0.772. The minimum atomic E-state index is -0.772. The largest absolute Gasteiger partial charge is 0.467 e. The lowest BCUT2D eigenvalue weighted by atomic mass is 9.49. The van der Waals surface area contributed by atoms with Gasteiger partial charge in [0, 0.05) is 11.5 Å². The van der Waals surface area contributed by atoms with Crippen LogP contribution in [-0.2, 0) is 23.9 Å². The highest BCUT2D eigenvalue weighted by molar-refractivity contribution is 5.88. The molecule has 0 aromatic carbocycles. The van der Waals surface area contributed by atoms with Gasteiger partial charge in [0.25, 0.3) is 0 Å². The molecular weight excluding hydrogens is 322 g/mol. The summed E-state index contributed by atoms with van der Waals surface area (Å²) in [6.45, 7) is 0. The van der Waals surface area contributed by atoms with E-state index in [1.54, 1.807) is 0 Å². The summed E-state index contributed by atoms with van der Waals surface area (Å²) in [5.41, 5.74) is -0.312. The summed E-state index contributed by atoms with van der Waals surface area (Å²) >= 11 is 0. The molecule has 25 heavy (non-hydrogen) atoms. The topological polar surface area (TPSA) is 81.7 Å². The van der Waals surface area contributed by atoms with Gasteiger partial charge in [-0.05, 0) is 62.7 Å². The van der Waals surface area contributed by atoms with Gasteiger partial charge >= 0.3 is 11.9 Å². The Hall–Kier alpha value is -1.85. The molecule has 0 spiro atoms. The Kier molecular flexibility index (Phi) is 5.16. The van der Waals surface area contributed by atoms with Crippen molar-refractivity contribution >= 4 is 17.8 Å². The average Bonchev–Trinajstić information content (AvgIpc) is 2.58. The number of rotatable bonds is 6. The van der Waals surface area contributed by atoms with Crippen molar-refractivity contribution < 1.29 is 23.9 Å². The molecule has 1 N–H and O–H groups in total. The first-order valence-electron chi connectivity index (χ1n) is 9.09. The number of esters is 2. The molecule has 4 aliphatic carbocycles. The highest BCUT2D eigenvalue weighted by Gasteiger charge is 2.54. The molecule has 0 aliphatic heterocycles. The molecule has 0 heterocycles. The monoisotopic (exact) mass is 349 g/mol. The molecule has 0 radical (unpaired) electrons. The van der Waals surface area contributed by atoms with Crippen LogP contribution in [0.25, 0.3) is 0 Å². The second-order valence-electron chi connectivity index (χ2n) is 7.91. The summed E-state index contributed by atoms with van der Waals surface area (Å²) in [5, 5.41) is 2.90. The quantitative estimate of drug-likeness (QED) is 0.586. The van der Waals surface area contributed by atoms with E-state index >= 15 is 0 Å². The van der Waals surface area contributed by atoms with E-state index in [4.69, 9.17) is 4.74 Å². The van der Waals surface area contributed by atoms with E-state index in [9.17, 15) is 14.4 Å². The lowest BCUT2D eigenvalue weighted by molar-refractivity contribution is -0.152. The summed E-state index contributed by atoms with van der Waals surface area (Å²) in [6.07, 6.45) is 9.60. The predicted molar refractivity (Wildman–Crippen MR) is 90.3 cm³/mol. The van der Waals surface area contributed by atoms with Crippen molar-refractivity contribution in [2.24, 2.45) is 23.2 Å². The van der Waals surface area contributed by atoms with Crippen molar-refractivity contribution in [1.29, 1.82) is 0 Å². The number of ether oxygens (including phenoxy) is 2. The van der Waals surface area contributed by atoms with Crippen molar-refractivity contribution in [3.63, 3.8) is 0 Å². The summed E-state index contributed by atoms with van der Waals surface area (Å²) in [5.74, 6) is 0.977. The maximum absolute atomic E-state index is 13.0. The first kappa shape index (κ1) is 18.0. The second-order valence-corrected chi connectivity index (χ2v) is 7.91. The summed E-state index contributed by atoms with van der Waals surface area (Å²) in [4.78, 5) is 36.3. The zero-order valence-electron chi connectivity index (χ0n) is 15.0. The van der Waals surface area contributed by atoms with Crippen molar-refractivity contribution in [2.75, 3.05) is 14.2 Å². The van der Waals surface area contributed by atoms with Crippen LogP contribution >= 0.6 is 0 Å². The molecule has 0 aromatic heterocycles. The van der Waals surface area contributed by atoms with Crippen molar-refractivity contribution in [1.82, 2.24) is 5.32 Å². The third kappa shape index (κ3) is 3.72. The summed E-state index contributed by atoms with van der Waals surface area (Å²) in [7, 11) is 2.59. The van der Waals surface area contributed by atoms with Crippen molar-refractivity contribution in [3.05, 3.63) is 12.2 Å². The molecule has 4 bridgehead atoms. The van der Waals surface area contributed by atoms with E-state index in [2.05, 4.69) is 10.1 Å². The van der Waals surface area contributed by atoms with E-state index in [-0.39, 0.29) is 17.7 Å². The van der Waals surface area contributed by atoms with Gasteiger partial charge in [-0.2, -0.15) is 0 Å². The fraction of sp³-hybridized carbons (Fsp3) is 0.737. The molecular formula is C19H27NO5. The third-order valence-corrected chi connectivity index (χ3v) is 6.14. The van der Waals surface area contributed by atoms with Crippen LogP contribution in [0.3, 0.4) is 0 Å². The van der Waals surface area contributed by atoms with E-state index in [0.29, 0.717) is 17.8 Å². The molecule has 0 saturated heterocycles. The Bertz CT molecular complexity index is 547. The zero-order chi connectivity index (χ0) is 18.0. The van der Waals surface area contributed by atoms with Crippen LogP contribution in [0.15, 0.2) is 12.2 Å². The molecule has 4 aliphatic rings. The lowest BCUT2D eigenvalue weighted by Crippen LogP contribution is -2.56. The highest BCUT2D eigenvalue weighted by atomic mass is 16.5. The maximum atomic E-state index is 13.0. The van der Waals surface area contributed by atoms with Crippen LogP contribution in [0.1, 0.15) is 44.9 Å². The van der Waals surface area contributed by atoms with E-state index in [1.165, 1.54) is 45.6 Å². The number of hydrogen-bond donors (Lipinski definition) is 1. The van der Waals surface area contributed by atoms with Crippen LogP contribution < -0.4 is 5.32 Å². The van der Waals surface area contributed by atoms with Crippen molar-refractivity contribution in [3.8, 4) is 0 Å². The fourth-order valence-electron chi connectivity index (χ4n) is 5.42. The molecule has 1 amide bonds. The van der Waals surface area contributed by atoms with Crippen LogP contribution in [0.2, 0.25) is 0 Å². The van der Waals surface area contributed by atoms with Crippen LogP contribution in [0.4, 0.5) is 0 Å². The fourth-order valence-corrected chi connectivity index (χ4v) is 5.42. The Morgan fingerprint density at radius 3 is 2.08 bits per heavy atom. The molecule has 6 heteroatoms. The van der Waals surface area contributed by atoms with Gasteiger partial charge in [-0.25, -0.2) is 9.59 Å². The van der Waals surface area contributed by atoms with E-state index in [1.807, 2.05) is 0 Å². The molecule has 4 rings (SSSR count). The summed E-state index contributed by atoms with van der Waals surface area (Å²) < 4.78 is 9.35. The van der Waals surface area contributed by atoms with Gasteiger partial charge < -0.3 is 14.8 Å². The Morgan fingerprint density at radius 2 is 1.60 bits per heavy atom. The molecule has 4 fully saturated rings. The highest BCUT2D eigenvalue weighted by Crippen LogP contribution is 2.60. The standard InChI is InChI=1S/C19H27NO5/c1-24-16(21)5-3-4-15(17(22)25-2)20-18(23)19-9-12-6-13(10-19)8-14(7-12)11-19/h3,5,12-15H,4,6-11H2,1-2H3,(H,20,23)/b5-3+/t12?,13?,14?,15-,19?/m0/s1. The van der Waals surface area contributed by atoms with Crippen LogP contribution in [0.5, 0.6) is 0 Å². The Labute approximate surface area is 148 Å². The maximum Gasteiger partial charge on any atom is 0.330 e. The lowest BCUT2D eigenvalue weighted by Gasteiger charge is -2.55. The third-order valence-electron chi connectivity index (χ3n) is 6.14. The number of nitrogens with one attached hydrogen (secondary N) is 1. The smallest absolute Gasteiger partial charge is 0.330 e. The minimum absolute atomic E-state index is 0.0199. The van der Waals surface area contributed by atoms with Crippen LogP contribution in [0, 0.1) is 23.2 Å². The second kappa shape index (κ2) is 7.18. The van der Waals surface area contributed by atoms with Gasteiger partial charge in [0.15, 0.2) is 0 Å². The van der Waals surface area contributed by atoms with Crippen molar-refractivity contribution in [2.45, 2.75) is 51.0 Å². The van der Waals surface area contributed by atoms with Crippen LogP contribution in [-0.4, -0.2) is 38.1 Å². The number of methoxy groups -OCH3 is 2. The number of carbonyl (C=O) groups excluding carboxylic acids is 3. The molecule has 138 valence electrons. The zero-order valence-corrected chi connectivity index (χ0v) is 15.0. The van der Waals surface area contributed by atoms with Gasteiger partial charge in [0.2, 0.25) is 5.91 Å². The first-order valence-corrected chi connectivity index (χ1v) is 9.09. The van der Waals surface area contributed by atoms with Gasteiger partial charge in [0.05, 0.1) is 14.2 Å². The number of amides is 1.